The van der Waals surface area contributed by atoms with Crippen molar-refractivity contribution in [2.45, 2.75) is 13.5 Å². The molecule has 6 nitrogen and oxygen atoms in total. The maximum Gasteiger partial charge on any atom is 0.235 e. The Morgan fingerprint density at radius 1 is 1.04 bits per heavy atom. The van der Waals surface area contributed by atoms with Crippen LogP contribution in [0.25, 0.3) is 26.7 Å². The van der Waals surface area contributed by atoms with Crippen LogP contribution in [-0.4, -0.2) is 19.8 Å². The highest BCUT2D eigenvalue weighted by atomic mass is 32.1. The first-order valence-corrected chi connectivity index (χ1v) is 8.99. The van der Waals surface area contributed by atoms with Gasteiger partial charge in [0, 0.05) is 10.9 Å². The highest BCUT2D eigenvalue weighted by Crippen LogP contribution is 2.35. The number of benzene rings is 2. The summed E-state index contributed by atoms with van der Waals surface area (Å²) in [5.41, 5.74) is 1.94. The minimum atomic E-state index is 0.299. The molecular formula is C19H14N4O2S. The monoisotopic (exact) mass is 362 g/mol. The molecule has 0 N–H and O–H groups in total. The number of para-hydroxylation sites is 2. The lowest BCUT2D eigenvalue weighted by Gasteiger charge is -2.02. The lowest BCUT2D eigenvalue weighted by molar-refractivity contribution is 0.293. The molecule has 26 heavy (non-hydrogen) atoms. The standard InChI is InChI=1S/C19H14N4O2S/c1-12-14-9-5-6-10-15(14)25-17(12)18-22-23-16(20-21-19(23)26-18)11-24-13-7-3-2-4-8-13/h2-10H,11H2,1H3. The molecule has 0 aliphatic carbocycles. The van der Waals surface area contributed by atoms with Crippen LogP contribution in [0.3, 0.4) is 0 Å². The maximum atomic E-state index is 6.01. The van der Waals surface area contributed by atoms with E-state index in [1.807, 2.05) is 55.5 Å². The van der Waals surface area contributed by atoms with Gasteiger partial charge in [-0.1, -0.05) is 47.7 Å². The van der Waals surface area contributed by atoms with Crippen molar-refractivity contribution in [1.29, 1.82) is 0 Å². The van der Waals surface area contributed by atoms with Gasteiger partial charge < -0.3 is 9.15 Å². The second-order valence-corrected chi connectivity index (χ2v) is 6.83. The second kappa shape index (κ2) is 5.96. The van der Waals surface area contributed by atoms with E-state index in [4.69, 9.17) is 9.15 Å². The van der Waals surface area contributed by atoms with Crippen molar-refractivity contribution in [3.05, 3.63) is 66.0 Å². The SMILES string of the molecule is Cc1c(-c2nn3c(COc4ccccc4)nnc3s2)oc2ccccc12. The molecule has 0 unspecified atom stereocenters. The van der Waals surface area contributed by atoms with Gasteiger partial charge in [0.05, 0.1) is 0 Å². The molecule has 0 amide bonds. The zero-order valence-electron chi connectivity index (χ0n) is 13.9. The van der Waals surface area contributed by atoms with Crippen LogP contribution in [0, 0.1) is 6.92 Å². The molecule has 0 aliphatic heterocycles. The van der Waals surface area contributed by atoms with Crippen molar-refractivity contribution in [3.8, 4) is 16.5 Å². The quantitative estimate of drug-likeness (QED) is 0.471. The Morgan fingerprint density at radius 2 is 1.85 bits per heavy atom. The van der Waals surface area contributed by atoms with Gasteiger partial charge in [0.2, 0.25) is 4.96 Å². The zero-order chi connectivity index (χ0) is 17.5. The highest BCUT2D eigenvalue weighted by molar-refractivity contribution is 7.19. The van der Waals surface area contributed by atoms with E-state index in [2.05, 4.69) is 21.4 Å². The van der Waals surface area contributed by atoms with Crippen LogP contribution in [-0.2, 0) is 6.61 Å². The third-order valence-corrected chi connectivity index (χ3v) is 5.10. The van der Waals surface area contributed by atoms with Gasteiger partial charge in [-0.25, -0.2) is 0 Å². The molecule has 0 aliphatic rings. The molecule has 0 saturated heterocycles. The average molecular weight is 362 g/mol. The molecule has 7 heteroatoms. The van der Waals surface area contributed by atoms with Crippen LogP contribution in [0.4, 0.5) is 0 Å². The summed E-state index contributed by atoms with van der Waals surface area (Å²) >= 11 is 1.45. The lowest BCUT2D eigenvalue weighted by atomic mass is 10.1. The Hall–Kier alpha value is -3.19. The predicted molar refractivity (Wildman–Crippen MR) is 99.4 cm³/mol. The smallest absolute Gasteiger partial charge is 0.235 e. The van der Waals surface area contributed by atoms with Crippen LogP contribution >= 0.6 is 11.3 Å². The molecule has 2 aromatic carbocycles. The Labute approximate surface area is 152 Å². The van der Waals surface area contributed by atoms with Gasteiger partial charge in [0.25, 0.3) is 0 Å². The molecular weight excluding hydrogens is 348 g/mol. The third-order valence-electron chi connectivity index (χ3n) is 4.20. The molecule has 5 rings (SSSR count). The first-order chi connectivity index (χ1) is 12.8. The Bertz CT molecular complexity index is 1210. The molecule has 3 aromatic heterocycles. The Balaban J connectivity index is 1.50. The number of aromatic nitrogens is 4. The number of fused-ring (bicyclic) bond motifs is 2. The van der Waals surface area contributed by atoms with Crippen LogP contribution < -0.4 is 4.74 Å². The number of hydrogen-bond acceptors (Lipinski definition) is 6. The summed E-state index contributed by atoms with van der Waals surface area (Å²) in [4.78, 5) is 0.714. The topological polar surface area (TPSA) is 65.5 Å². The number of ether oxygens (including phenoxy) is 1. The minimum Gasteiger partial charge on any atom is -0.486 e. The molecule has 0 atom stereocenters. The van der Waals surface area contributed by atoms with E-state index in [1.165, 1.54) is 11.3 Å². The molecule has 0 spiro atoms. The van der Waals surface area contributed by atoms with Gasteiger partial charge in [-0.2, -0.15) is 4.52 Å². The largest absolute Gasteiger partial charge is 0.486 e. The molecule has 0 radical (unpaired) electrons. The number of hydrogen-bond donors (Lipinski definition) is 0. The lowest BCUT2D eigenvalue weighted by Crippen LogP contribution is -2.02. The second-order valence-electron chi connectivity index (χ2n) is 5.87. The fraction of sp³-hybridized carbons (Fsp3) is 0.105. The average Bonchev–Trinajstić information content (AvgIpc) is 3.34. The molecule has 0 bridgehead atoms. The van der Waals surface area contributed by atoms with Gasteiger partial charge in [-0.05, 0) is 25.1 Å². The summed E-state index contributed by atoms with van der Waals surface area (Å²) in [6.45, 7) is 2.34. The summed E-state index contributed by atoms with van der Waals surface area (Å²) < 4.78 is 13.5. The number of aryl methyl sites for hydroxylation is 1. The molecule has 5 aromatic rings. The zero-order valence-corrected chi connectivity index (χ0v) is 14.7. The molecule has 3 heterocycles. The summed E-state index contributed by atoms with van der Waals surface area (Å²) in [6.07, 6.45) is 0. The van der Waals surface area contributed by atoms with Crippen molar-refractivity contribution in [3.63, 3.8) is 0 Å². The summed E-state index contributed by atoms with van der Waals surface area (Å²) in [7, 11) is 0. The maximum absolute atomic E-state index is 6.01. The van der Waals surface area contributed by atoms with Crippen LogP contribution in [0.5, 0.6) is 5.75 Å². The summed E-state index contributed by atoms with van der Waals surface area (Å²) in [5, 5.41) is 14.9. The van der Waals surface area contributed by atoms with Crippen molar-refractivity contribution in [1.82, 2.24) is 19.8 Å². The Kier molecular flexibility index (Phi) is 3.46. The van der Waals surface area contributed by atoms with E-state index in [-0.39, 0.29) is 0 Å². The van der Waals surface area contributed by atoms with E-state index < -0.39 is 0 Å². The van der Waals surface area contributed by atoms with Crippen LogP contribution in [0.1, 0.15) is 11.4 Å². The number of nitrogens with zero attached hydrogens (tertiary/aromatic N) is 4. The summed E-state index contributed by atoms with van der Waals surface area (Å²) in [6, 6.07) is 17.6. The predicted octanol–water partition coefficient (Wildman–Crippen LogP) is 4.49. The number of furan rings is 1. The Morgan fingerprint density at radius 3 is 2.69 bits per heavy atom. The third kappa shape index (κ3) is 2.44. The highest BCUT2D eigenvalue weighted by Gasteiger charge is 2.19. The fourth-order valence-electron chi connectivity index (χ4n) is 2.88. The molecule has 128 valence electrons. The van der Waals surface area contributed by atoms with Gasteiger partial charge in [0.1, 0.15) is 17.9 Å². The van der Waals surface area contributed by atoms with E-state index in [0.29, 0.717) is 17.4 Å². The van der Waals surface area contributed by atoms with E-state index in [9.17, 15) is 0 Å². The van der Waals surface area contributed by atoms with Gasteiger partial charge >= 0.3 is 0 Å². The van der Waals surface area contributed by atoms with E-state index in [1.54, 1.807) is 4.52 Å². The van der Waals surface area contributed by atoms with Crippen LogP contribution in [0.2, 0.25) is 0 Å². The first-order valence-electron chi connectivity index (χ1n) is 8.17. The summed E-state index contributed by atoms with van der Waals surface area (Å²) in [5.74, 6) is 2.21. The van der Waals surface area contributed by atoms with Gasteiger partial charge in [0.15, 0.2) is 16.6 Å². The minimum absolute atomic E-state index is 0.299. The van der Waals surface area contributed by atoms with Crippen molar-refractivity contribution < 1.29 is 9.15 Å². The van der Waals surface area contributed by atoms with Crippen LogP contribution in [0.15, 0.2) is 59.0 Å². The van der Waals surface area contributed by atoms with Crippen molar-refractivity contribution >= 4 is 27.3 Å². The number of rotatable bonds is 4. The first kappa shape index (κ1) is 15.1. The van der Waals surface area contributed by atoms with E-state index in [0.717, 1.165) is 33.1 Å². The normalized spacial score (nSPS) is 11.4. The fourth-order valence-corrected chi connectivity index (χ4v) is 3.78. The van der Waals surface area contributed by atoms with Crippen molar-refractivity contribution in [2.75, 3.05) is 0 Å². The molecule has 0 fully saturated rings. The van der Waals surface area contributed by atoms with Gasteiger partial charge in [-0.3, -0.25) is 0 Å². The van der Waals surface area contributed by atoms with Crippen molar-refractivity contribution in [2.24, 2.45) is 0 Å². The van der Waals surface area contributed by atoms with Gasteiger partial charge in [-0.15, -0.1) is 15.3 Å². The van der Waals surface area contributed by atoms with E-state index >= 15 is 0 Å². The molecule has 0 saturated carbocycles.